The van der Waals surface area contributed by atoms with Crippen molar-refractivity contribution in [2.45, 2.75) is 24.3 Å². The second-order valence-corrected chi connectivity index (χ2v) is 7.90. The number of thioether (sulfide) groups is 1. The molecule has 1 aromatic heterocycles. The first-order chi connectivity index (χ1) is 13.5. The van der Waals surface area contributed by atoms with Gasteiger partial charge < -0.3 is 10.1 Å². The number of ketones is 1. The first-order valence-electron chi connectivity index (χ1n) is 8.89. The van der Waals surface area contributed by atoms with Crippen LogP contribution in [0.15, 0.2) is 60.0 Å². The van der Waals surface area contributed by atoms with E-state index in [0.29, 0.717) is 17.0 Å². The van der Waals surface area contributed by atoms with Crippen LogP contribution in [0.3, 0.4) is 0 Å². The van der Waals surface area contributed by atoms with E-state index in [-0.39, 0.29) is 23.5 Å². The molecule has 7 heteroatoms. The molecule has 1 aliphatic rings. The fourth-order valence-corrected chi connectivity index (χ4v) is 3.99. The predicted molar refractivity (Wildman–Crippen MR) is 109 cm³/mol. The van der Waals surface area contributed by atoms with Crippen LogP contribution in [-0.2, 0) is 4.79 Å². The van der Waals surface area contributed by atoms with Crippen molar-refractivity contribution in [1.82, 2.24) is 9.55 Å². The van der Waals surface area contributed by atoms with Gasteiger partial charge in [0.05, 0.1) is 10.9 Å². The Bertz CT molecular complexity index is 1060. The summed E-state index contributed by atoms with van der Waals surface area (Å²) in [6.07, 6.45) is 3.62. The van der Waals surface area contributed by atoms with Gasteiger partial charge in [0.2, 0.25) is 0 Å². The van der Waals surface area contributed by atoms with Crippen molar-refractivity contribution in [2.75, 3.05) is 11.9 Å². The van der Waals surface area contributed by atoms with Gasteiger partial charge in [0.1, 0.15) is 5.75 Å². The third-order valence-corrected chi connectivity index (χ3v) is 5.52. The molecule has 2 heterocycles. The highest BCUT2D eigenvalue weighted by Crippen LogP contribution is 2.31. The zero-order valence-electron chi connectivity index (χ0n) is 15.5. The molecule has 1 aliphatic heterocycles. The highest BCUT2D eigenvalue weighted by Gasteiger charge is 2.22. The summed E-state index contributed by atoms with van der Waals surface area (Å²) < 4.78 is 7.32. The van der Waals surface area contributed by atoms with Crippen LogP contribution in [0, 0.1) is 6.92 Å². The van der Waals surface area contributed by atoms with E-state index in [2.05, 4.69) is 16.4 Å². The van der Waals surface area contributed by atoms with Crippen molar-refractivity contribution in [3.63, 3.8) is 0 Å². The Kier molecular flexibility index (Phi) is 4.92. The molecule has 0 spiro atoms. The van der Waals surface area contributed by atoms with E-state index < -0.39 is 0 Å². The smallest absolute Gasteiger partial charge is 0.262 e. The number of hydrogen-bond acceptors (Lipinski definition) is 5. The molecular formula is C21H19N3O3S. The summed E-state index contributed by atoms with van der Waals surface area (Å²) in [6.45, 7) is 3.89. The van der Waals surface area contributed by atoms with Gasteiger partial charge in [-0.1, -0.05) is 23.9 Å². The maximum Gasteiger partial charge on any atom is 0.262 e. The van der Waals surface area contributed by atoms with Crippen LogP contribution in [0.4, 0.5) is 5.69 Å². The molecular weight excluding hydrogens is 374 g/mol. The van der Waals surface area contributed by atoms with Crippen LogP contribution < -0.4 is 10.1 Å². The Labute approximate surface area is 166 Å². The number of nitrogens with one attached hydrogen (secondary N) is 1. The molecule has 2 aromatic carbocycles. The summed E-state index contributed by atoms with van der Waals surface area (Å²) in [5.74, 6) is 0.317. The number of rotatable bonds is 5. The molecule has 0 saturated carbocycles. The molecule has 28 heavy (non-hydrogen) atoms. The van der Waals surface area contributed by atoms with Crippen LogP contribution in [0.5, 0.6) is 5.75 Å². The Morgan fingerprint density at radius 3 is 2.96 bits per heavy atom. The number of ether oxygens (including phenoxy) is 1. The summed E-state index contributed by atoms with van der Waals surface area (Å²) in [7, 11) is 0. The first-order valence-corrected chi connectivity index (χ1v) is 9.77. The number of anilines is 1. The number of carbonyl (C=O) groups excluding carboxylic acids is 2. The second-order valence-electron chi connectivity index (χ2n) is 6.59. The Morgan fingerprint density at radius 1 is 1.29 bits per heavy atom. The lowest BCUT2D eigenvalue weighted by atomic mass is 10.1. The maximum atomic E-state index is 12.9. The van der Waals surface area contributed by atoms with Crippen LogP contribution in [0.25, 0.3) is 5.69 Å². The molecule has 1 N–H and O–H groups in total. The quantitative estimate of drug-likeness (QED) is 0.526. The first kappa shape index (κ1) is 18.3. The summed E-state index contributed by atoms with van der Waals surface area (Å²) in [6, 6.07) is 13.2. The van der Waals surface area contributed by atoms with Crippen LogP contribution >= 0.6 is 11.8 Å². The van der Waals surface area contributed by atoms with E-state index in [9.17, 15) is 9.59 Å². The number of aryl methyl sites for hydroxylation is 1. The number of benzene rings is 2. The van der Waals surface area contributed by atoms with Crippen molar-refractivity contribution in [1.29, 1.82) is 0 Å². The van der Waals surface area contributed by atoms with Crippen LogP contribution in [0.1, 0.15) is 22.8 Å². The molecule has 0 radical (unpaired) electrons. The zero-order chi connectivity index (χ0) is 19.7. The highest BCUT2D eigenvalue weighted by molar-refractivity contribution is 8.00. The lowest BCUT2D eigenvalue weighted by molar-refractivity contribution is -0.118. The fourth-order valence-electron chi connectivity index (χ4n) is 3.03. The number of imidazole rings is 1. The minimum absolute atomic E-state index is 0.00579. The number of aromatic nitrogens is 2. The van der Waals surface area contributed by atoms with E-state index in [4.69, 9.17) is 4.74 Å². The van der Waals surface area contributed by atoms with E-state index >= 15 is 0 Å². The third-order valence-electron chi connectivity index (χ3n) is 4.43. The molecule has 1 unspecified atom stereocenters. The average molecular weight is 393 g/mol. The standard InChI is InChI=1S/C21H19N3O3S/c1-13-4-3-5-16(10-13)24-9-8-22-21(24)28-14(2)20(26)15-6-7-18-17(11-15)23-19(25)12-27-18/h3-11,14H,12H2,1-2H3,(H,23,25). The molecule has 142 valence electrons. The number of Topliss-reactive ketones (excluding diaryl/α,β-unsaturated/α-hetero) is 1. The monoisotopic (exact) mass is 393 g/mol. The number of fused-ring (bicyclic) bond motifs is 1. The van der Waals surface area contributed by atoms with Crippen LogP contribution in [0.2, 0.25) is 0 Å². The highest BCUT2D eigenvalue weighted by atomic mass is 32.2. The number of nitrogens with zero attached hydrogens (tertiary/aromatic N) is 2. The Hall–Kier alpha value is -3.06. The van der Waals surface area contributed by atoms with Crippen molar-refractivity contribution in [3.8, 4) is 11.4 Å². The van der Waals surface area contributed by atoms with Gasteiger partial charge in [-0.05, 0) is 49.7 Å². The van der Waals surface area contributed by atoms with E-state index in [1.165, 1.54) is 11.8 Å². The summed E-state index contributed by atoms with van der Waals surface area (Å²) >= 11 is 1.40. The topological polar surface area (TPSA) is 73.2 Å². The molecule has 0 saturated heterocycles. The second kappa shape index (κ2) is 7.52. The molecule has 0 bridgehead atoms. The van der Waals surface area contributed by atoms with Gasteiger partial charge in [-0.3, -0.25) is 14.2 Å². The van der Waals surface area contributed by atoms with Gasteiger partial charge in [-0.15, -0.1) is 0 Å². The third kappa shape index (κ3) is 3.66. The molecule has 3 aromatic rings. The normalized spacial score (nSPS) is 14.0. The van der Waals surface area contributed by atoms with Crippen molar-refractivity contribution in [2.24, 2.45) is 0 Å². The summed E-state index contributed by atoms with van der Waals surface area (Å²) in [5, 5.41) is 3.14. The van der Waals surface area contributed by atoms with Crippen molar-refractivity contribution >= 4 is 29.1 Å². The average Bonchev–Trinajstić information content (AvgIpc) is 3.15. The van der Waals surface area contributed by atoms with E-state index in [1.54, 1.807) is 24.4 Å². The number of carbonyl (C=O) groups is 2. The lowest BCUT2D eigenvalue weighted by Gasteiger charge is -2.19. The molecule has 6 nitrogen and oxygen atoms in total. The van der Waals surface area contributed by atoms with Gasteiger partial charge in [-0.25, -0.2) is 4.98 Å². The molecule has 0 aliphatic carbocycles. The molecule has 0 fully saturated rings. The SMILES string of the molecule is Cc1cccc(-n2ccnc2SC(C)C(=O)c2ccc3c(c2)NC(=O)CO3)c1. The van der Waals surface area contributed by atoms with Crippen LogP contribution in [-0.4, -0.2) is 33.1 Å². The van der Waals surface area contributed by atoms with E-state index in [1.807, 2.05) is 42.8 Å². The maximum absolute atomic E-state index is 12.9. The largest absolute Gasteiger partial charge is 0.482 e. The van der Waals surface area contributed by atoms with Gasteiger partial charge in [0.15, 0.2) is 17.5 Å². The number of hydrogen-bond donors (Lipinski definition) is 1. The van der Waals surface area contributed by atoms with Gasteiger partial charge in [-0.2, -0.15) is 0 Å². The van der Waals surface area contributed by atoms with Crippen molar-refractivity contribution < 1.29 is 14.3 Å². The lowest BCUT2D eigenvalue weighted by Crippen LogP contribution is -2.25. The molecule has 1 amide bonds. The predicted octanol–water partition coefficient (Wildman–Crippen LogP) is 3.88. The van der Waals surface area contributed by atoms with Gasteiger partial charge in [0.25, 0.3) is 5.91 Å². The van der Waals surface area contributed by atoms with Gasteiger partial charge in [0, 0.05) is 23.6 Å². The van der Waals surface area contributed by atoms with Crippen molar-refractivity contribution in [3.05, 3.63) is 66.0 Å². The number of amides is 1. The minimum Gasteiger partial charge on any atom is -0.482 e. The summed E-state index contributed by atoms with van der Waals surface area (Å²) in [4.78, 5) is 28.9. The molecule has 4 rings (SSSR count). The fraction of sp³-hybridized carbons (Fsp3) is 0.190. The minimum atomic E-state index is -0.343. The summed E-state index contributed by atoms with van der Waals surface area (Å²) in [5.41, 5.74) is 3.22. The Balaban J connectivity index is 1.54. The Morgan fingerprint density at radius 2 is 2.14 bits per heavy atom. The molecule has 1 atom stereocenters. The van der Waals surface area contributed by atoms with E-state index in [0.717, 1.165) is 16.4 Å². The zero-order valence-corrected chi connectivity index (χ0v) is 16.3. The van der Waals surface area contributed by atoms with Gasteiger partial charge >= 0.3 is 0 Å².